The number of hydrogen-bond acceptors (Lipinski definition) is 2. The van der Waals surface area contributed by atoms with Crippen LogP contribution in [0.4, 0.5) is 5.69 Å². The van der Waals surface area contributed by atoms with E-state index < -0.39 is 0 Å². The Morgan fingerprint density at radius 1 is 1.05 bits per heavy atom. The lowest BCUT2D eigenvalue weighted by Crippen LogP contribution is -2.43. The minimum atomic E-state index is -0.186. The molecule has 1 fully saturated rings. The highest BCUT2D eigenvalue weighted by atomic mass is 16.2. The third-order valence-electron chi connectivity index (χ3n) is 4.20. The van der Waals surface area contributed by atoms with Crippen molar-refractivity contribution in [3.05, 3.63) is 42.5 Å². The summed E-state index contributed by atoms with van der Waals surface area (Å²) >= 11 is 0. The molecule has 0 spiro atoms. The SMILES string of the molecule is CC(Nc1cccc2ccccc12)C(=O)N1CCCCC1. The van der Waals surface area contributed by atoms with E-state index in [1.165, 1.54) is 17.2 Å². The predicted molar refractivity (Wildman–Crippen MR) is 87.5 cm³/mol. The highest BCUT2D eigenvalue weighted by molar-refractivity contribution is 5.95. The fourth-order valence-corrected chi connectivity index (χ4v) is 3.03. The van der Waals surface area contributed by atoms with Crippen molar-refractivity contribution in [1.29, 1.82) is 0 Å². The van der Waals surface area contributed by atoms with E-state index in [-0.39, 0.29) is 11.9 Å². The molecule has 1 saturated heterocycles. The minimum absolute atomic E-state index is 0.186. The molecular weight excluding hydrogens is 260 g/mol. The number of carbonyl (C=O) groups is 1. The topological polar surface area (TPSA) is 32.3 Å². The van der Waals surface area contributed by atoms with Crippen LogP contribution in [-0.2, 0) is 4.79 Å². The number of hydrogen-bond donors (Lipinski definition) is 1. The van der Waals surface area contributed by atoms with Crippen LogP contribution in [0.25, 0.3) is 10.8 Å². The summed E-state index contributed by atoms with van der Waals surface area (Å²) in [5, 5.41) is 5.75. The van der Waals surface area contributed by atoms with Crippen LogP contribution < -0.4 is 5.32 Å². The van der Waals surface area contributed by atoms with Gasteiger partial charge in [-0.15, -0.1) is 0 Å². The Morgan fingerprint density at radius 3 is 2.57 bits per heavy atom. The summed E-state index contributed by atoms with van der Waals surface area (Å²) in [4.78, 5) is 14.5. The van der Waals surface area contributed by atoms with E-state index in [9.17, 15) is 4.79 Å². The molecule has 2 aromatic rings. The summed E-state index contributed by atoms with van der Waals surface area (Å²) in [5.74, 6) is 0.211. The van der Waals surface area contributed by atoms with Crippen molar-refractivity contribution in [2.45, 2.75) is 32.2 Å². The molecule has 1 heterocycles. The van der Waals surface area contributed by atoms with Gasteiger partial charge < -0.3 is 10.2 Å². The first kappa shape index (κ1) is 13.9. The first-order valence-electron chi connectivity index (χ1n) is 7.79. The lowest BCUT2D eigenvalue weighted by molar-refractivity contribution is -0.132. The van der Waals surface area contributed by atoms with E-state index in [2.05, 4.69) is 23.5 Å². The molecule has 3 rings (SSSR count). The van der Waals surface area contributed by atoms with E-state index in [1.54, 1.807) is 0 Å². The van der Waals surface area contributed by atoms with Gasteiger partial charge in [-0.1, -0.05) is 36.4 Å². The number of nitrogens with one attached hydrogen (secondary N) is 1. The van der Waals surface area contributed by atoms with E-state index >= 15 is 0 Å². The summed E-state index contributed by atoms with van der Waals surface area (Å²) in [6.45, 7) is 3.76. The van der Waals surface area contributed by atoms with Gasteiger partial charge in [0.15, 0.2) is 0 Å². The van der Waals surface area contributed by atoms with Crippen LogP contribution in [0.3, 0.4) is 0 Å². The highest BCUT2D eigenvalue weighted by Gasteiger charge is 2.22. The maximum absolute atomic E-state index is 12.5. The standard InChI is InChI=1S/C18H22N2O/c1-14(18(21)20-12-5-2-6-13-20)19-17-11-7-9-15-8-3-4-10-16(15)17/h3-4,7-11,14,19H,2,5-6,12-13H2,1H3. The molecule has 1 N–H and O–H groups in total. The van der Waals surface area contributed by atoms with Crippen LogP contribution in [0, 0.1) is 0 Å². The maximum Gasteiger partial charge on any atom is 0.244 e. The summed E-state index contributed by atoms with van der Waals surface area (Å²) in [6, 6.07) is 14.2. The lowest BCUT2D eigenvalue weighted by atomic mass is 10.1. The van der Waals surface area contributed by atoms with E-state index in [0.717, 1.165) is 31.6 Å². The third kappa shape index (κ3) is 3.02. The number of nitrogens with zero attached hydrogens (tertiary/aromatic N) is 1. The van der Waals surface area contributed by atoms with Gasteiger partial charge in [0, 0.05) is 24.2 Å². The van der Waals surface area contributed by atoms with Crippen molar-refractivity contribution in [1.82, 2.24) is 4.90 Å². The molecule has 3 heteroatoms. The third-order valence-corrected chi connectivity index (χ3v) is 4.20. The van der Waals surface area contributed by atoms with Crippen molar-refractivity contribution in [2.75, 3.05) is 18.4 Å². The van der Waals surface area contributed by atoms with Crippen molar-refractivity contribution in [3.8, 4) is 0 Å². The van der Waals surface area contributed by atoms with Crippen LogP contribution in [0.1, 0.15) is 26.2 Å². The fourth-order valence-electron chi connectivity index (χ4n) is 3.03. The highest BCUT2D eigenvalue weighted by Crippen LogP contribution is 2.24. The van der Waals surface area contributed by atoms with Gasteiger partial charge in [0.05, 0.1) is 0 Å². The van der Waals surface area contributed by atoms with Crippen molar-refractivity contribution in [2.24, 2.45) is 0 Å². The Hall–Kier alpha value is -2.03. The Bertz CT molecular complexity index is 627. The maximum atomic E-state index is 12.5. The molecule has 0 radical (unpaired) electrons. The second-order valence-corrected chi connectivity index (χ2v) is 5.78. The number of amides is 1. The molecule has 0 aromatic heterocycles. The number of carbonyl (C=O) groups excluding carboxylic acids is 1. The molecule has 110 valence electrons. The number of piperidine rings is 1. The van der Waals surface area contributed by atoms with Crippen molar-refractivity contribution in [3.63, 3.8) is 0 Å². The van der Waals surface area contributed by atoms with Gasteiger partial charge in [-0.2, -0.15) is 0 Å². The van der Waals surface area contributed by atoms with Crippen molar-refractivity contribution >= 4 is 22.4 Å². The molecule has 0 bridgehead atoms. The molecule has 1 amide bonds. The van der Waals surface area contributed by atoms with Gasteiger partial charge >= 0.3 is 0 Å². The molecule has 21 heavy (non-hydrogen) atoms. The second-order valence-electron chi connectivity index (χ2n) is 5.78. The zero-order valence-corrected chi connectivity index (χ0v) is 12.5. The molecule has 1 aliphatic heterocycles. The first-order valence-corrected chi connectivity index (χ1v) is 7.79. The molecular formula is C18H22N2O. The summed E-state index contributed by atoms with van der Waals surface area (Å²) < 4.78 is 0. The summed E-state index contributed by atoms with van der Waals surface area (Å²) in [5.41, 5.74) is 1.03. The number of likely N-dealkylation sites (tertiary alicyclic amines) is 1. The average Bonchev–Trinajstić information content (AvgIpc) is 2.55. The summed E-state index contributed by atoms with van der Waals surface area (Å²) in [6.07, 6.45) is 3.51. The number of benzene rings is 2. The lowest BCUT2D eigenvalue weighted by Gasteiger charge is -2.30. The minimum Gasteiger partial charge on any atom is -0.373 e. The molecule has 1 atom stereocenters. The average molecular weight is 282 g/mol. The van der Waals surface area contributed by atoms with Crippen LogP contribution >= 0.6 is 0 Å². The molecule has 1 aliphatic rings. The molecule has 3 nitrogen and oxygen atoms in total. The second kappa shape index (κ2) is 6.17. The van der Waals surface area contributed by atoms with E-state index in [0.29, 0.717) is 0 Å². The number of anilines is 1. The summed E-state index contributed by atoms with van der Waals surface area (Å²) in [7, 11) is 0. The van der Waals surface area contributed by atoms with Gasteiger partial charge in [0.25, 0.3) is 0 Å². The van der Waals surface area contributed by atoms with E-state index in [4.69, 9.17) is 0 Å². The largest absolute Gasteiger partial charge is 0.373 e. The van der Waals surface area contributed by atoms with E-state index in [1.807, 2.05) is 36.1 Å². The fraction of sp³-hybridized carbons (Fsp3) is 0.389. The van der Waals surface area contributed by atoms with Crippen LogP contribution in [0.2, 0.25) is 0 Å². The van der Waals surface area contributed by atoms with Gasteiger partial charge in [-0.05, 0) is 37.6 Å². The molecule has 0 saturated carbocycles. The Labute approximate surface area is 125 Å². The smallest absolute Gasteiger partial charge is 0.244 e. The van der Waals surface area contributed by atoms with Gasteiger partial charge in [0.1, 0.15) is 6.04 Å². The number of fused-ring (bicyclic) bond motifs is 1. The van der Waals surface area contributed by atoms with Gasteiger partial charge in [0.2, 0.25) is 5.91 Å². The van der Waals surface area contributed by atoms with Crippen molar-refractivity contribution < 1.29 is 4.79 Å². The molecule has 0 aliphatic carbocycles. The Balaban J connectivity index is 1.76. The predicted octanol–water partition coefficient (Wildman–Crippen LogP) is 3.65. The zero-order chi connectivity index (χ0) is 14.7. The van der Waals surface area contributed by atoms with Crippen LogP contribution in [0.5, 0.6) is 0 Å². The zero-order valence-electron chi connectivity index (χ0n) is 12.5. The van der Waals surface area contributed by atoms with Gasteiger partial charge in [-0.3, -0.25) is 4.79 Å². The van der Waals surface area contributed by atoms with Crippen LogP contribution in [0.15, 0.2) is 42.5 Å². The molecule has 1 unspecified atom stereocenters. The monoisotopic (exact) mass is 282 g/mol. The van der Waals surface area contributed by atoms with Crippen LogP contribution in [-0.4, -0.2) is 29.9 Å². The quantitative estimate of drug-likeness (QED) is 0.932. The van der Waals surface area contributed by atoms with Gasteiger partial charge in [-0.25, -0.2) is 0 Å². The Kier molecular flexibility index (Phi) is 4.09. The molecule has 2 aromatic carbocycles. The Morgan fingerprint density at radius 2 is 1.76 bits per heavy atom. The number of rotatable bonds is 3. The first-order chi connectivity index (χ1) is 10.3. The normalized spacial score (nSPS) is 16.7.